The maximum atomic E-state index is 3.65. The molecule has 0 aromatic rings. The lowest BCUT2D eigenvalue weighted by Crippen LogP contribution is -2.34. The molecule has 0 amide bonds. The van der Waals surface area contributed by atoms with Crippen molar-refractivity contribution >= 4 is 11.8 Å². The third-order valence-electron chi connectivity index (χ3n) is 4.12. The molecule has 94 valence electrons. The summed E-state index contributed by atoms with van der Waals surface area (Å²) < 4.78 is 0. The van der Waals surface area contributed by atoms with Crippen LogP contribution < -0.4 is 5.32 Å². The fourth-order valence-corrected chi connectivity index (χ4v) is 4.63. The van der Waals surface area contributed by atoms with Crippen LogP contribution in [-0.4, -0.2) is 23.6 Å². The molecule has 0 aromatic heterocycles. The maximum absolute atomic E-state index is 3.65. The molecular weight excluding hydrogens is 214 g/mol. The van der Waals surface area contributed by atoms with Crippen molar-refractivity contribution in [2.75, 3.05) is 12.3 Å². The van der Waals surface area contributed by atoms with Gasteiger partial charge in [0.05, 0.1) is 0 Å². The van der Waals surface area contributed by atoms with Gasteiger partial charge in [0.25, 0.3) is 0 Å². The minimum absolute atomic E-state index is 0.835. The highest BCUT2D eigenvalue weighted by Crippen LogP contribution is 2.32. The van der Waals surface area contributed by atoms with Crippen LogP contribution in [0.25, 0.3) is 0 Å². The van der Waals surface area contributed by atoms with Gasteiger partial charge in [-0.3, -0.25) is 0 Å². The molecule has 2 rings (SSSR count). The van der Waals surface area contributed by atoms with E-state index in [9.17, 15) is 0 Å². The smallest absolute Gasteiger partial charge is 0.00749 e. The molecule has 16 heavy (non-hydrogen) atoms. The zero-order chi connectivity index (χ0) is 11.2. The van der Waals surface area contributed by atoms with E-state index in [2.05, 4.69) is 24.0 Å². The molecular formula is C14H27NS. The monoisotopic (exact) mass is 241 g/mol. The van der Waals surface area contributed by atoms with Gasteiger partial charge in [-0.25, -0.2) is 0 Å². The zero-order valence-electron chi connectivity index (χ0n) is 10.7. The summed E-state index contributed by atoms with van der Waals surface area (Å²) in [5.74, 6) is 2.37. The standard InChI is InChI=1S/C14H27NS/c1-12-5-4-7-14(11-12)16-10-8-13-6-2-3-9-15-13/h12-15H,2-11H2,1H3. The number of rotatable bonds is 4. The van der Waals surface area contributed by atoms with Crippen LogP contribution in [0.1, 0.15) is 58.3 Å². The van der Waals surface area contributed by atoms with Gasteiger partial charge in [-0.05, 0) is 50.3 Å². The lowest BCUT2D eigenvalue weighted by Gasteiger charge is -2.28. The Morgan fingerprint density at radius 1 is 1.12 bits per heavy atom. The Labute approximate surface area is 105 Å². The molecule has 1 aliphatic carbocycles. The highest BCUT2D eigenvalue weighted by atomic mass is 32.2. The molecule has 3 atom stereocenters. The van der Waals surface area contributed by atoms with Crippen LogP contribution in [-0.2, 0) is 0 Å². The number of hydrogen-bond acceptors (Lipinski definition) is 2. The van der Waals surface area contributed by atoms with Crippen LogP contribution in [0.2, 0.25) is 0 Å². The highest BCUT2D eigenvalue weighted by molar-refractivity contribution is 7.99. The molecule has 1 saturated heterocycles. The third kappa shape index (κ3) is 4.29. The van der Waals surface area contributed by atoms with Crippen LogP contribution in [0.4, 0.5) is 0 Å². The first-order chi connectivity index (χ1) is 7.84. The largest absolute Gasteiger partial charge is 0.314 e. The van der Waals surface area contributed by atoms with Crippen molar-refractivity contribution in [3.63, 3.8) is 0 Å². The van der Waals surface area contributed by atoms with Gasteiger partial charge in [0, 0.05) is 11.3 Å². The summed E-state index contributed by atoms with van der Waals surface area (Å²) in [7, 11) is 0. The van der Waals surface area contributed by atoms with Crippen LogP contribution in [0.15, 0.2) is 0 Å². The molecule has 0 aromatic carbocycles. The predicted octanol–water partition coefficient (Wildman–Crippen LogP) is 3.83. The summed E-state index contributed by atoms with van der Waals surface area (Å²) in [5.41, 5.74) is 0. The van der Waals surface area contributed by atoms with E-state index in [1.54, 1.807) is 0 Å². The first-order valence-electron chi connectivity index (χ1n) is 7.19. The molecule has 0 spiro atoms. The second-order valence-corrected chi connectivity index (χ2v) is 7.11. The summed E-state index contributed by atoms with van der Waals surface area (Å²) in [5, 5.41) is 4.63. The zero-order valence-corrected chi connectivity index (χ0v) is 11.5. The minimum atomic E-state index is 0.835. The Balaban J connectivity index is 1.56. The van der Waals surface area contributed by atoms with E-state index in [1.165, 1.54) is 63.7 Å². The Bertz CT molecular complexity index is 189. The first-order valence-corrected chi connectivity index (χ1v) is 8.24. The summed E-state index contributed by atoms with van der Waals surface area (Å²) >= 11 is 2.25. The molecule has 2 fully saturated rings. The van der Waals surface area contributed by atoms with Crippen molar-refractivity contribution in [1.29, 1.82) is 0 Å². The highest BCUT2D eigenvalue weighted by Gasteiger charge is 2.19. The second kappa shape index (κ2) is 6.90. The van der Waals surface area contributed by atoms with E-state index in [0.29, 0.717) is 0 Å². The van der Waals surface area contributed by atoms with E-state index in [1.807, 2.05) is 0 Å². The summed E-state index contributed by atoms with van der Waals surface area (Å²) in [6, 6.07) is 0.835. The SMILES string of the molecule is CC1CCCC(SCCC2CCCCN2)C1. The van der Waals surface area contributed by atoms with Gasteiger partial charge in [-0.15, -0.1) is 0 Å². The van der Waals surface area contributed by atoms with E-state index in [-0.39, 0.29) is 0 Å². The van der Waals surface area contributed by atoms with E-state index >= 15 is 0 Å². The van der Waals surface area contributed by atoms with Crippen molar-refractivity contribution < 1.29 is 0 Å². The minimum Gasteiger partial charge on any atom is -0.314 e. The summed E-state index contributed by atoms with van der Waals surface area (Å²) in [4.78, 5) is 0. The Hall–Kier alpha value is 0.310. The van der Waals surface area contributed by atoms with E-state index in [4.69, 9.17) is 0 Å². The van der Waals surface area contributed by atoms with Gasteiger partial charge >= 0.3 is 0 Å². The Morgan fingerprint density at radius 2 is 2.06 bits per heavy atom. The Morgan fingerprint density at radius 3 is 2.81 bits per heavy atom. The number of piperidine rings is 1. The summed E-state index contributed by atoms with van der Waals surface area (Å²) in [6.45, 7) is 3.69. The van der Waals surface area contributed by atoms with E-state index < -0.39 is 0 Å². The average Bonchev–Trinajstić information content (AvgIpc) is 2.30. The number of hydrogen-bond donors (Lipinski definition) is 1. The van der Waals surface area contributed by atoms with Gasteiger partial charge in [-0.2, -0.15) is 11.8 Å². The molecule has 1 heterocycles. The van der Waals surface area contributed by atoms with Crippen molar-refractivity contribution in [1.82, 2.24) is 5.32 Å². The molecule has 0 bridgehead atoms. The van der Waals surface area contributed by atoms with Gasteiger partial charge in [0.1, 0.15) is 0 Å². The molecule has 2 heteroatoms. The molecule has 2 aliphatic rings. The Kier molecular flexibility index (Phi) is 5.51. The van der Waals surface area contributed by atoms with Gasteiger partial charge in [0.2, 0.25) is 0 Å². The second-order valence-electron chi connectivity index (χ2n) is 5.70. The topological polar surface area (TPSA) is 12.0 Å². The van der Waals surface area contributed by atoms with Crippen molar-refractivity contribution in [2.24, 2.45) is 5.92 Å². The lowest BCUT2D eigenvalue weighted by molar-refractivity contribution is 0.388. The maximum Gasteiger partial charge on any atom is 0.00749 e. The van der Waals surface area contributed by atoms with Gasteiger partial charge in [-0.1, -0.05) is 26.2 Å². The molecule has 1 aliphatic heterocycles. The average molecular weight is 241 g/mol. The van der Waals surface area contributed by atoms with Crippen LogP contribution in [0, 0.1) is 5.92 Å². The van der Waals surface area contributed by atoms with Crippen molar-refractivity contribution in [3.05, 3.63) is 0 Å². The van der Waals surface area contributed by atoms with Gasteiger partial charge < -0.3 is 5.32 Å². The quantitative estimate of drug-likeness (QED) is 0.803. The van der Waals surface area contributed by atoms with Crippen LogP contribution in [0.5, 0.6) is 0 Å². The van der Waals surface area contributed by atoms with Crippen molar-refractivity contribution in [2.45, 2.75) is 69.6 Å². The molecule has 1 saturated carbocycles. The van der Waals surface area contributed by atoms with Crippen molar-refractivity contribution in [3.8, 4) is 0 Å². The fourth-order valence-electron chi connectivity index (χ4n) is 3.08. The molecule has 1 N–H and O–H groups in total. The van der Waals surface area contributed by atoms with Crippen LogP contribution in [0.3, 0.4) is 0 Å². The number of thioether (sulfide) groups is 1. The lowest BCUT2D eigenvalue weighted by atomic mass is 9.91. The van der Waals surface area contributed by atoms with E-state index in [0.717, 1.165) is 17.2 Å². The molecule has 1 nitrogen and oxygen atoms in total. The molecule has 0 radical (unpaired) electrons. The first kappa shape index (κ1) is 12.8. The van der Waals surface area contributed by atoms with Crippen LogP contribution >= 0.6 is 11.8 Å². The normalized spacial score (nSPS) is 36.2. The van der Waals surface area contributed by atoms with Gasteiger partial charge in [0.15, 0.2) is 0 Å². The third-order valence-corrected chi connectivity index (χ3v) is 5.49. The molecule has 3 unspecified atom stereocenters. The number of nitrogens with one attached hydrogen (secondary N) is 1. The fraction of sp³-hybridized carbons (Fsp3) is 1.00. The summed E-state index contributed by atoms with van der Waals surface area (Å²) in [6.07, 6.45) is 11.6. The predicted molar refractivity (Wildman–Crippen MR) is 74.1 cm³/mol.